The summed E-state index contributed by atoms with van der Waals surface area (Å²) in [7, 11) is 3.13. The fraction of sp³-hybridized carbons (Fsp3) is 0.333. The molecule has 36 heavy (non-hydrogen) atoms. The predicted molar refractivity (Wildman–Crippen MR) is 132 cm³/mol. The fourth-order valence-corrected chi connectivity index (χ4v) is 5.01. The van der Waals surface area contributed by atoms with Gasteiger partial charge in [0.1, 0.15) is 0 Å². The molecule has 0 amide bonds. The third kappa shape index (κ3) is 4.56. The molecule has 0 fully saturated rings. The second-order valence-corrected chi connectivity index (χ2v) is 8.70. The molecule has 0 aromatic heterocycles. The number of ether oxygens (including phenoxy) is 3. The summed E-state index contributed by atoms with van der Waals surface area (Å²) in [6.07, 6.45) is 0.742. The number of benzene rings is 2. The van der Waals surface area contributed by atoms with Gasteiger partial charge in [0.15, 0.2) is 17.3 Å². The van der Waals surface area contributed by atoms with E-state index in [2.05, 4.69) is 5.32 Å². The number of Topliss-reactive ketones (excluding diaryl/α,β-unsaturated/α-hetero) is 1. The molecule has 1 N–H and O–H groups in total. The topological polar surface area (TPSA) is 117 Å². The maximum atomic E-state index is 13.7. The van der Waals surface area contributed by atoms with Gasteiger partial charge in [-0.2, -0.15) is 0 Å². The lowest BCUT2D eigenvalue weighted by molar-refractivity contribution is -0.384. The number of dihydropyridines is 1. The van der Waals surface area contributed by atoms with Crippen molar-refractivity contribution >= 4 is 17.4 Å². The number of ketones is 1. The smallest absolute Gasteiger partial charge is 0.336 e. The van der Waals surface area contributed by atoms with Crippen LogP contribution in [0.4, 0.5) is 5.69 Å². The molecule has 2 aliphatic rings. The number of nitrogens with one attached hydrogen (secondary N) is 1. The Hall–Kier alpha value is -4.14. The molecule has 0 bridgehead atoms. The van der Waals surface area contributed by atoms with Crippen LogP contribution >= 0.6 is 0 Å². The first kappa shape index (κ1) is 25.0. The van der Waals surface area contributed by atoms with Crippen LogP contribution in [-0.2, 0) is 14.3 Å². The predicted octanol–water partition coefficient (Wildman–Crippen LogP) is 4.54. The van der Waals surface area contributed by atoms with Crippen LogP contribution in [0.1, 0.15) is 49.7 Å². The van der Waals surface area contributed by atoms with Crippen molar-refractivity contribution in [3.63, 3.8) is 0 Å². The van der Waals surface area contributed by atoms with Crippen LogP contribution in [0.3, 0.4) is 0 Å². The summed E-state index contributed by atoms with van der Waals surface area (Å²) in [5, 5.41) is 14.7. The third-order valence-electron chi connectivity index (χ3n) is 6.62. The van der Waals surface area contributed by atoms with E-state index in [4.69, 9.17) is 14.2 Å². The Balaban J connectivity index is 1.80. The highest BCUT2D eigenvalue weighted by Crippen LogP contribution is 2.46. The Morgan fingerprint density at radius 2 is 1.83 bits per heavy atom. The number of nitro benzene ring substituents is 1. The number of carbonyl (C=O) groups excluding carboxylic acids is 2. The van der Waals surface area contributed by atoms with E-state index in [1.807, 2.05) is 18.2 Å². The molecule has 2 atom stereocenters. The summed E-state index contributed by atoms with van der Waals surface area (Å²) in [6.45, 7) is 3.62. The molecular weight excluding hydrogens is 464 g/mol. The van der Waals surface area contributed by atoms with Crippen molar-refractivity contribution in [2.75, 3.05) is 20.8 Å². The number of methoxy groups -OCH3 is 2. The molecule has 2 aromatic carbocycles. The molecule has 1 heterocycles. The summed E-state index contributed by atoms with van der Waals surface area (Å²) in [5.41, 5.74) is 3.31. The number of carbonyl (C=O) groups is 2. The van der Waals surface area contributed by atoms with Crippen LogP contribution in [0.15, 0.2) is 65.0 Å². The van der Waals surface area contributed by atoms with E-state index < -0.39 is 16.8 Å². The number of esters is 1. The molecule has 9 heteroatoms. The third-order valence-corrected chi connectivity index (χ3v) is 6.62. The van der Waals surface area contributed by atoms with Crippen LogP contribution in [0, 0.1) is 10.1 Å². The van der Waals surface area contributed by atoms with Gasteiger partial charge in [-0.15, -0.1) is 0 Å². The maximum absolute atomic E-state index is 13.7. The number of allylic oxidation sites excluding steroid dienone is 3. The average Bonchev–Trinajstić information content (AvgIpc) is 2.87. The molecule has 1 aliphatic heterocycles. The largest absolute Gasteiger partial charge is 0.493 e. The van der Waals surface area contributed by atoms with Crippen LogP contribution < -0.4 is 14.8 Å². The summed E-state index contributed by atoms with van der Waals surface area (Å²) >= 11 is 0. The lowest BCUT2D eigenvalue weighted by Gasteiger charge is -2.36. The number of non-ortho nitro benzene ring substituents is 1. The van der Waals surface area contributed by atoms with E-state index in [1.54, 1.807) is 40.2 Å². The summed E-state index contributed by atoms with van der Waals surface area (Å²) < 4.78 is 16.1. The van der Waals surface area contributed by atoms with Crippen molar-refractivity contribution in [2.45, 2.75) is 38.5 Å². The zero-order valence-electron chi connectivity index (χ0n) is 20.6. The van der Waals surface area contributed by atoms with Crippen molar-refractivity contribution < 1.29 is 28.7 Å². The Bertz CT molecular complexity index is 1290. The minimum atomic E-state index is -0.765. The molecule has 0 radical (unpaired) electrons. The fourth-order valence-electron chi connectivity index (χ4n) is 5.01. The van der Waals surface area contributed by atoms with Gasteiger partial charge in [-0.25, -0.2) is 4.79 Å². The van der Waals surface area contributed by atoms with Crippen molar-refractivity contribution in [1.82, 2.24) is 5.32 Å². The van der Waals surface area contributed by atoms with Crippen molar-refractivity contribution in [1.29, 1.82) is 0 Å². The Morgan fingerprint density at radius 3 is 2.50 bits per heavy atom. The Labute approximate surface area is 208 Å². The second kappa shape index (κ2) is 10.2. The van der Waals surface area contributed by atoms with E-state index in [0.717, 1.165) is 5.56 Å². The number of nitro groups is 1. The number of rotatable bonds is 7. The molecule has 0 spiro atoms. The standard InChI is InChI=1S/C27H28N2O7/c1-5-36-27(31)24-15(2)28-20-12-18(16-9-10-22(34-3)23(14-16)35-4)13-21(30)26(20)25(24)17-7-6-8-19(11-17)29(32)33/h6-11,14,18,25,28H,5,12-13H2,1-4H3/t18-,25-/m0/s1. The highest BCUT2D eigenvalue weighted by molar-refractivity contribution is 6.04. The zero-order valence-corrected chi connectivity index (χ0v) is 20.6. The van der Waals surface area contributed by atoms with E-state index in [-0.39, 0.29) is 36.0 Å². The molecule has 0 saturated heterocycles. The summed E-state index contributed by atoms with van der Waals surface area (Å²) in [4.78, 5) is 37.6. The van der Waals surface area contributed by atoms with Crippen LogP contribution in [-0.4, -0.2) is 37.5 Å². The number of nitrogens with zero attached hydrogens (tertiary/aromatic N) is 1. The molecule has 1 aliphatic carbocycles. The number of hydrogen-bond acceptors (Lipinski definition) is 8. The molecular formula is C27H28N2O7. The molecule has 2 aromatic rings. The number of hydrogen-bond donors (Lipinski definition) is 1. The normalized spacial score (nSPS) is 19.4. The average molecular weight is 493 g/mol. The van der Waals surface area contributed by atoms with Gasteiger partial charge in [0.05, 0.1) is 31.3 Å². The molecule has 4 rings (SSSR count). The highest BCUT2D eigenvalue weighted by atomic mass is 16.6. The van der Waals surface area contributed by atoms with Gasteiger partial charge in [-0.05, 0) is 49.4 Å². The maximum Gasteiger partial charge on any atom is 0.336 e. The van der Waals surface area contributed by atoms with Gasteiger partial charge in [0.25, 0.3) is 5.69 Å². The minimum absolute atomic E-state index is 0.111. The molecule has 0 saturated carbocycles. The van der Waals surface area contributed by atoms with Gasteiger partial charge in [-0.3, -0.25) is 14.9 Å². The van der Waals surface area contributed by atoms with E-state index in [9.17, 15) is 19.7 Å². The van der Waals surface area contributed by atoms with Crippen molar-refractivity contribution in [3.8, 4) is 11.5 Å². The van der Waals surface area contributed by atoms with E-state index in [0.29, 0.717) is 40.5 Å². The minimum Gasteiger partial charge on any atom is -0.493 e. The van der Waals surface area contributed by atoms with Gasteiger partial charge < -0.3 is 19.5 Å². The van der Waals surface area contributed by atoms with Gasteiger partial charge >= 0.3 is 5.97 Å². The van der Waals surface area contributed by atoms with Crippen LogP contribution in [0.5, 0.6) is 11.5 Å². The van der Waals surface area contributed by atoms with Gasteiger partial charge in [0.2, 0.25) is 0 Å². The SMILES string of the molecule is CCOC(=O)C1=C(C)NC2=C(C(=O)C[C@@H](c3ccc(OC)c(OC)c3)C2)[C@H]1c1cccc([N+](=O)[O-])c1. The lowest BCUT2D eigenvalue weighted by atomic mass is 9.71. The second-order valence-electron chi connectivity index (χ2n) is 8.70. The first-order valence-electron chi connectivity index (χ1n) is 11.7. The molecule has 9 nitrogen and oxygen atoms in total. The first-order chi connectivity index (χ1) is 17.3. The van der Waals surface area contributed by atoms with Gasteiger partial charge in [-0.1, -0.05) is 18.2 Å². The van der Waals surface area contributed by atoms with Crippen LogP contribution in [0.2, 0.25) is 0 Å². The lowest BCUT2D eigenvalue weighted by Crippen LogP contribution is -2.36. The first-order valence-corrected chi connectivity index (χ1v) is 11.7. The van der Waals surface area contributed by atoms with E-state index in [1.165, 1.54) is 12.1 Å². The van der Waals surface area contributed by atoms with Gasteiger partial charge in [0, 0.05) is 41.4 Å². The monoisotopic (exact) mass is 492 g/mol. The zero-order chi connectivity index (χ0) is 26.0. The summed E-state index contributed by atoms with van der Waals surface area (Å²) in [5.74, 6) is -0.392. The Morgan fingerprint density at radius 1 is 1.08 bits per heavy atom. The van der Waals surface area contributed by atoms with E-state index >= 15 is 0 Å². The van der Waals surface area contributed by atoms with Crippen LogP contribution in [0.25, 0.3) is 0 Å². The molecule has 188 valence electrons. The highest BCUT2D eigenvalue weighted by Gasteiger charge is 2.41. The molecule has 0 unspecified atom stereocenters. The Kier molecular flexibility index (Phi) is 7.10. The summed E-state index contributed by atoms with van der Waals surface area (Å²) in [6, 6.07) is 11.7. The van der Waals surface area contributed by atoms with Crippen molar-refractivity contribution in [3.05, 3.63) is 86.2 Å². The quantitative estimate of drug-likeness (QED) is 0.340. The van der Waals surface area contributed by atoms with Crippen molar-refractivity contribution in [2.24, 2.45) is 0 Å².